The van der Waals surface area contributed by atoms with Crippen LogP contribution in [0, 0.1) is 5.92 Å². The number of ketones is 1. The van der Waals surface area contributed by atoms with Crippen LogP contribution >= 0.6 is 0 Å². The molecule has 1 atom stereocenters. The Morgan fingerprint density at radius 2 is 2.06 bits per heavy atom. The summed E-state index contributed by atoms with van der Waals surface area (Å²) in [5.74, 6) is 0.893. The Morgan fingerprint density at radius 1 is 1.29 bits per heavy atom. The van der Waals surface area contributed by atoms with Crippen molar-refractivity contribution in [1.82, 2.24) is 4.90 Å². The molecule has 1 aliphatic carbocycles. The number of Topliss-reactive ketones (excluding diaryl/α,β-unsaturated/α-hetero) is 1. The van der Waals surface area contributed by atoms with Crippen LogP contribution in [0.3, 0.4) is 0 Å². The minimum absolute atomic E-state index is 0.377. The van der Waals surface area contributed by atoms with Crippen LogP contribution in [-0.2, 0) is 4.79 Å². The van der Waals surface area contributed by atoms with Gasteiger partial charge in [-0.1, -0.05) is 19.8 Å². The van der Waals surface area contributed by atoms with E-state index in [9.17, 15) is 4.79 Å². The Kier molecular flexibility index (Phi) is 6.79. The molecule has 1 unspecified atom stereocenters. The normalized spacial score (nSPS) is 20.8. The van der Waals surface area contributed by atoms with Crippen molar-refractivity contribution in [1.29, 1.82) is 0 Å². The van der Waals surface area contributed by atoms with E-state index in [0.29, 0.717) is 17.7 Å². The molecule has 0 spiro atoms. The number of nitrogens with zero attached hydrogens (tertiary/aromatic N) is 1. The quantitative estimate of drug-likeness (QED) is 0.603. The van der Waals surface area contributed by atoms with E-state index in [-0.39, 0.29) is 0 Å². The van der Waals surface area contributed by atoms with Crippen molar-refractivity contribution in [2.24, 2.45) is 5.92 Å². The van der Waals surface area contributed by atoms with Crippen molar-refractivity contribution in [3.05, 3.63) is 0 Å². The highest BCUT2D eigenvalue weighted by atomic mass is 16.1. The first kappa shape index (κ1) is 14.7. The lowest BCUT2D eigenvalue weighted by molar-refractivity contribution is -0.120. The number of hydrogen-bond donors (Lipinski definition) is 0. The van der Waals surface area contributed by atoms with E-state index in [1.165, 1.54) is 25.8 Å². The highest BCUT2D eigenvalue weighted by Crippen LogP contribution is 2.24. The Hall–Kier alpha value is -0.370. The summed E-state index contributed by atoms with van der Waals surface area (Å²) in [7, 11) is 0. The molecule has 0 N–H and O–H groups in total. The monoisotopic (exact) mass is 239 g/mol. The standard InChI is InChI=1S/C15H29NO/c1-4-5-6-11-16(13(2)3)12-10-14-8-7-9-15(14)17/h13-14H,4-12H2,1-3H3. The number of rotatable bonds is 8. The second-order valence-electron chi connectivity index (χ2n) is 5.68. The maximum atomic E-state index is 11.6. The molecule has 100 valence electrons. The fourth-order valence-corrected chi connectivity index (χ4v) is 2.71. The molecule has 0 saturated heterocycles. The van der Waals surface area contributed by atoms with Gasteiger partial charge >= 0.3 is 0 Å². The van der Waals surface area contributed by atoms with Crippen LogP contribution in [0.4, 0.5) is 0 Å². The van der Waals surface area contributed by atoms with Gasteiger partial charge in [-0.25, -0.2) is 0 Å². The average Bonchev–Trinajstić information content (AvgIpc) is 2.69. The third kappa shape index (κ3) is 5.20. The van der Waals surface area contributed by atoms with Crippen LogP contribution in [0.2, 0.25) is 0 Å². The number of hydrogen-bond acceptors (Lipinski definition) is 2. The summed E-state index contributed by atoms with van der Waals surface area (Å²) in [6.45, 7) is 9.09. The highest BCUT2D eigenvalue weighted by molar-refractivity contribution is 5.82. The lowest BCUT2D eigenvalue weighted by Gasteiger charge is -2.27. The summed E-state index contributed by atoms with van der Waals surface area (Å²) in [6.07, 6.45) is 8.10. The van der Waals surface area contributed by atoms with Crippen LogP contribution in [0.5, 0.6) is 0 Å². The molecule has 0 aromatic carbocycles. The summed E-state index contributed by atoms with van der Waals surface area (Å²) >= 11 is 0. The van der Waals surface area contributed by atoms with E-state index in [1.54, 1.807) is 0 Å². The van der Waals surface area contributed by atoms with Gasteiger partial charge in [0.2, 0.25) is 0 Å². The summed E-state index contributed by atoms with van der Waals surface area (Å²) < 4.78 is 0. The lowest BCUT2D eigenvalue weighted by Crippen LogP contribution is -2.34. The zero-order chi connectivity index (χ0) is 12.7. The van der Waals surface area contributed by atoms with Gasteiger partial charge in [-0.15, -0.1) is 0 Å². The van der Waals surface area contributed by atoms with Crippen molar-refractivity contribution < 1.29 is 4.79 Å². The Bertz CT molecular complexity index is 225. The molecular formula is C15H29NO. The van der Waals surface area contributed by atoms with Gasteiger partial charge in [-0.3, -0.25) is 4.79 Å². The third-order valence-electron chi connectivity index (χ3n) is 3.98. The molecule has 0 heterocycles. The molecular weight excluding hydrogens is 210 g/mol. The van der Waals surface area contributed by atoms with Gasteiger partial charge in [0.15, 0.2) is 0 Å². The first-order valence-corrected chi connectivity index (χ1v) is 7.42. The van der Waals surface area contributed by atoms with E-state index in [0.717, 1.165) is 32.2 Å². The van der Waals surface area contributed by atoms with Crippen molar-refractivity contribution >= 4 is 5.78 Å². The maximum absolute atomic E-state index is 11.6. The van der Waals surface area contributed by atoms with Gasteiger partial charge in [-0.05, 0) is 52.6 Å². The number of carbonyl (C=O) groups is 1. The van der Waals surface area contributed by atoms with Crippen molar-refractivity contribution in [3.63, 3.8) is 0 Å². The Morgan fingerprint density at radius 3 is 2.59 bits per heavy atom. The van der Waals surface area contributed by atoms with Crippen LogP contribution in [-0.4, -0.2) is 29.8 Å². The second-order valence-corrected chi connectivity index (χ2v) is 5.68. The molecule has 1 saturated carbocycles. The Balaban J connectivity index is 2.26. The predicted octanol–water partition coefficient (Wildman–Crippen LogP) is 3.65. The molecule has 0 amide bonds. The third-order valence-corrected chi connectivity index (χ3v) is 3.98. The fourth-order valence-electron chi connectivity index (χ4n) is 2.71. The molecule has 0 radical (unpaired) electrons. The van der Waals surface area contributed by atoms with E-state index in [1.807, 2.05) is 0 Å². The summed E-state index contributed by atoms with van der Waals surface area (Å²) in [5, 5.41) is 0. The van der Waals surface area contributed by atoms with E-state index in [2.05, 4.69) is 25.7 Å². The average molecular weight is 239 g/mol. The molecule has 0 aromatic heterocycles. The van der Waals surface area contributed by atoms with Crippen molar-refractivity contribution in [3.8, 4) is 0 Å². The van der Waals surface area contributed by atoms with Gasteiger partial charge in [0.25, 0.3) is 0 Å². The molecule has 1 aliphatic rings. The first-order valence-electron chi connectivity index (χ1n) is 7.42. The minimum Gasteiger partial charge on any atom is -0.301 e. The molecule has 1 fully saturated rings. The number of carbonyl (C=O) groups excluding carboxylic acids is 1. The molecule has 0 aromatic rings. The van der Waals surface area contributed by atoms with Gasteiger partial charge in [-0.2, -0.15) is 0 Å². The van der Waals surface area contributed by atoms with Crippen molar-refractivity contribution in [2.75, 3.05) is 13.1 Å². The SMILES string of the molecule is CCCCCN(CCC1CCCC1=O)C(C)C. The summed E-state index contributed by atoms with van der Waals surface area (Å²) in [4.78, 5) is 14.1. The first-order chi connectivity index (χ1) is 8.15. The van der Waals surface area contributed by atoms with Gasteiger partial charge < -0.3 is 4.90 Å². The molecule has 0 aliphatic heterocycles. The highest BCUT2D eigenvalue weighted by Gasteiger charge is 2.24. The van der Waals surface area contributed by atoms with E-state index >= 15 is 0 Å². The lowest BCUT2D eigenvalue weighted by atomic mass is 10.0. The van der Waals surface area contributed by atoms with Crippen LogP contribution < -0.4 is 0 Å². The van der Waals surface area contributed by atoms with Crippen molar-refractivity contribution in [2.45, 2.75) is 71.8 Å². The number of unbranched alkanes of at least 4 members (excludes halogenated alkanes) is 2. The molecule has 1 rings (SSSR count). The van der Waals surface area contributed by atoms with Gasteiger partial charge in [0.05, 0.1) is 0 Å². The minimum atomic E-state index is 0.377. The predicted molar refractivity (Wildman–Crippen MR) is 73.2 cm³/mol. The van der Waals surface area contributed by atoms with E-state index < -0.39 is 0 Å². The van der Waals surface area contributed by atoms with E-state index in [4.69, 9.17) is 0 Å². The van der Waals surface area contributed by atoms with Gasteiger partial charge in [0, 0.05) is 18.4 Å². The summed E-state index contributed by atoms with van der Waals surface area (Å²) in [6, 6.07) is 0.614. The van der Waals surface area contributed by atoms with Gasteiger partial charge in [0.1, 0.15) is 5.78 Å². The van der Waals surface area contributed by atoms with Crippen LogP contribution in [0.25, 0.3) is 0 Å². The van der Waals surface area contributed by atoms with Crippen LogP contribution in [0.1, 0.15) is 65.7 Å². The summed E-state index contributed by atoms with van der Waals surface area (Å²) in [5.41, 5.74) is 0. The molecule has 17 heavy (non-hydrogen) atoms. The smallest absolute Gasteiger partial charge is 0.136 e. The largest absolute Gasteiger partial charge is 0.301 e. The second kappa shape index (κ2) is 7.86. The Labute approximate surface area is 107 Å². The topological polar surface area (TPSA) is 20.3 Å². The van der Waals surface area contributed by atoms with Crippen LogP contribution in [0.15, 0.2) is 0 Å². The molecule has 0 bridgehead atoms. The molecule has 2 heteroatoms. The zero-order valence-corrected chi connectivity index (χ0v) is 11.9. The zero-order valence-electron chi connectivity index (χ0n) is 11.9. The fraction of sp³-hybridized carbons (Fsp3) is 0.933. The maximum Gasteiger partial charge on any atom is 0.136 e. The molecule has 2 nitrogen and oxygen atoms in total.